The number of carbonyl (C=O) groups is 2. The van der Waals surface area contributed by atoms with Crippen molar-refractivity contribution in [2.45, 2.75) is 38.6 Å². The second-order valence-electron chi connectivity index (χ2n) is 7.50. The Morgan fingerprint density at radius 3 is 2.52 bits per heavy atom. The van der Waals surface area contributed by atoms with Crippen molar-refractivity contribution in [1.29, 1.82) is 0 Å². The van der Waals surface area contributed by atoms with Crippen LogP contribution >= 0.6 is 0 Å². The van der Waals surface area contributed by atoms with E-state index in [0.717, 1.165) is 30.6 Å². The molecule has 5 heteroatoms. The molecule has 0 radical (unpaired) electrons. The van der Waals surface area contributed by atoms with Crippen LogP contribution in [0.4, 0.5) is 0 Å². The van der Waals surface area contributed by atoms with Crippen LogP contribution in [0.1, 0.15) is 43.4 Å². The van der Waals surface area contributed by atoms with E-state index in [1.165, 1.54) is 5.56 Å². The Bertz CT molecular complexity index is 805. The van der Waals surface area contributed by atoms with Gasteiger partial charge < -0.3 is 15.0 Å². The number of methoxy groups -OCH3 is 1. The highest BCUT2D eigenvalue weighted by Crippen LogP contribution is 2.39. The van der Waals surface area contributed by atoms with Gasteiger partial charge in [0.2, 0.25) is 11.8 Å². The van der Waals surface area contributed by atoms with Gasteiger partial charge in [-0.1, -0.05) is 55.8 Å². The lowest BCUT2D eigenvalue weighted by Gasteiger charge is -2.28. The highest BCUT2D eigenvalue weighted by molar-refractivity contribution is 5.90. The Balaban J connectivity index is 1.73. The van der Waals surface area contributed by atoms with E-state index in [4.69, 9.17) is 4.74 Å². The van der Waals surface area contributed by atoms with E-state index in [2.05, 4.69) is 24.4 Å². The Kier molecular flexibility index (Phi) is 7.28. The van der Waals surface area contributed by atoms with Gasteiger partial charge in [0.05, 0.1) is 19.1 Å². The van der Waals surface area contributed by atoms with Crippen molar-refractivity contribution in [1.82, 2.24) is 10.2 Å². The van der Waals surface area contributed by atoms with Gasteiger partial charge in [0.25, 0.3) is 0 Å². The quantitative estimate of drug-likeness (QED) is 0.705. The van der Waals surface area contributed by atoms with Crippen molar-refractivity contribution in [3.8, 4) is 5.75 Å². The number of hydrogen-bond donors (Lipinski definition) is 1. The van der Waals surface area contributed by atoms with E-state index in [9.17, 15) is 9.59 Å². The monoisotopic (exact) mass is 394 g/mol. The number of benzene rings is 2. The average Bonchev–Trinajstić information content (AvgIpc) is 3.09. The molecular weight excluding hydrogens is 364 g/mol. The third kappa shape index (κ3) is 5.17. The molecule has 154 valence electrons. The van der Waals surface area contributed by atoms with Crippen molar-refractivity contribution >= 4 is 11.8 Å². The summed E-state index contributed by atoms with van der Waals surface area (Å²) in [5, 5.41) is 3.05. The number of ether oxygens (including phenoxy) is 1. The molecule has 1 fully saturated rings. The van der Waals surface area contributed by atoms with Crippen molar-refractivity contribution in [2.75, 3.05) is 20.2 Å². The van der Waals surface area contributed by atoms with E-state index in [0.29, 0.717) is 13.1 Å². The Morgan fingerprint density at radius 2 is 1.86 bits per heavy atom. The topological polar surface area (TPSA) is 58.6 Å². The molecule has 1 aliphatic heterocycles. The summed E-state index contributed by atoms with van der Waals surface area (Å²) in [6.45, 7) is 3.36. The van der Waals surface area contributed by atoms with E-state index in [1.54, 1.807) is 7.11 Å². The highest BCUT2D eigenvalue weighted by Gasteiger charge is 2.43. The number of amides is 2. The van der Waals surface area contributed by atoms with Crippen LogP contribution in [0.3, 0.4) is 0 Å². The molecule has 1 saturated heterocycles. The Labute approximate surface area is 173 Å². The van der Waals surface area contributed by atoms with Crippen LogP contribution < -0.4 is 10.1 Å². The van der Waals surface area contributed by atoms with Crippen LogP contribution in [0.25, 0.3) is 0 Å². The van der Waals surface area contributed by atoms with Gasteiger partial charge in [-0.2, -0.15) is 0 Å². The molecule has 5 nitrogen and oxygen atoms in total. The second-order valence-corrected chi connectivity index (χ2v) is 7.50. The third-order valence-electron chi connectivity index (χ3n) is 5.53. The summed E-state index contributed by atoms with van der Waals surface area (Å²) in [7, 11) is 1.63. The number of unbranched alkanes of at least 4 members (excludes halogenated alkanes) is 1. The van der Waals surface area contributed by atoms with Crippen molar-refractivity contribution < 1.29 is 14.3 Å². The van der Waals surface area contributed by atoms with Crippen molar-refractivity contribution in [3.05, 3.63) is 65.7 Å². The molecule has 0 aromatic heterocycles. The number of nitrogens with zero attached hydrogens (tertiary/aromatic N) is 1. The van der Waals surface area contributed by atoms with Gasteiger partial charge in [-0.15, -0.1) is 0 Å². The molecule has 1 N–H and O–H groups in total. The maximum Gasteiger partial charge on any atom is 0.226 e. The SMILES string of the molecule is CCCCN1C(=O)CC(C(=O)NCCc2ccccc2)C1c1ccc(OC)cc1. The number of hydrogen-bond acceptors (Lipinski definition) is 3. The summed E-state index contributed by atoms with van der Waals surface area (Å²) in [5.74, 6) is 0.405. The number of rotatable bonds is 9. The van der Waals surface area contributed by atoms with Crippen LogP contribution in [-0.4, -0.2) is 36.9 Å². The van der Waals surface area contributed by atoms with Gasteiger partial charge >= 0.3 is 0 Å². The predicted molar refractivity (Wildman–Crippen MR) is 114 cm³/mol. The zero-order valence-electron chi connectivity index (χ0n) is 17.3. The van der Waals surface area contributed by atoms with Gasteiger partial charge in [0, 0.05) is 19.5 Å². The van der Waals surface area contributed by atoms with Crippen LogP contribution in [0, 0.1) is 5.92 Å². The summed E-state index contributed by atoms with van der Waals surface area (Å²) >= 11 is 0. The summed E-state index contributed by atoms with van der Waals surface area (Å²) in [6, 6.07) is 17.6. The summed E-state index contributed by atoms with van der Waals surface area (Å²) in [5.41, 5.74) is 2.17. The lowest BCUT2D eigenvalue weighted by atomic mass is 9.92. The van der Waals surface area contributed by atoms with Gasteiger partial charge in [0.15, 0.2) is 0 Å². The number of likely N-dealkylation sites (tertiary alicyclic amines) is 1. The van der Waals surface area contributed by atoms with Crippen LogP contribution in [-0.2, 0) is 16.0 Å². The van der Waals surface area contributed by atoms with Gasteiger partial charge in [0.1, 0.15) is 5.75 Å². The van der Waals surface area contributed by atoms with Crippen LogP contribution in [0.15, 0.2) is 54.6 Å². The standard InChI is InChI=1S/C24H30N2O3/c1-3-4-16-26-22(27)17-21(23(26)19-10-12-20(29-2)13-11-19)24(28)25-15-14-18-8-6-5-7-9-18/h5-13,21,23H,3-4,14-17H2,1-2H3,(H,25,28). The van der Waals surface area contributed by atoms with E-state index < -0.39 is 0 Å². The zero-order chi connectivity index (χ0) is 20.6. The third-order valence-corrected chi connectivity index (χ3v) is 5.53. The summed E-state index contributed by atoms with van der Waals surface area (Å²) in [4.78, 5) is 27.6. The fraction of sp³-hybridized carbons (Fsp3) is 0.417. The normalized spacial score (nSPS) is 18.7. The molecule has 2 unspecified atom stereocenters. The Morgan fingerprint density at radius 1 is 1.14 bits per heavy atom. The van der Waals surface area contributed by atoms with Gasteiger partial charge in [-0.05, 0) is 36.1 Å². The molecular formula is C24H30N2O3. The largest absolute Gasteiger partial charge is 0.497 e. The fourth-order valence-corrected chi connectivity index (χ4v) is 3.94. The van der Waals surface area contributed by atoms with Gasteiger partial charge in [-0.25, -0.2) is 0 Å². The van der Waals surface area contributed by atoms with Gasteiger partial charge in [-0.3, -0.25) is 9.59 Å². The zero-order valence-corrected chi connectivity index (χ0v) is 17.3. The maximum absolute atomic E-state index is 13.0. The van der Waals surface area contributed by atoms with Crippen molar-refractivity contribution in [3.63, 3.8) is 0 Å². The average molecular weight is 395 g/mol. The molecule has 2 atom stereocenters. The highest BCUT2D eigenvalue weighted by atomic mass is 16.5. The fourth-order valence-electron chi connectivity index (χ4n) is 3.94. The molecule has 1 aliphatic rings. The molecule has 0 spiro atoms. The van der Waals surface area contributed by atoms with E-state index in [1.807, 2.05) is 47.4 Å². The van der Waals surface area contributed by atoms with E-state index in [-0.39, 0.29) is 30.2 Å². The minimum atomic E-state index is -0.372. The second kappa shape index (κ2) is 10.1. The minimum Gasteiger partial charge on any atom is -0.497 e. The number of carbonyl (C=O) groups excluding carboxylic acids is 2. The first-order chi connectivity index (χ1) is 14.1. The molecule has 0 bridgehead atoms. The van der Waals surface area contributed by atoms with Crippen LogP contribution in [0.2, 0.25) is 0 Å². The molecule has 3 rings (SSSR count). The Hall–Kier alpha value is -2.82. The summed E-state index contributed by atoms with van der Waals surface area (Å²) < 4.78 is 5.25. The van der Waals surface area contributed by atoms with Crippen molar-refractivity contribution in [2.24, 2.45) is 5.92 Å². The predicted octanol–water partition coefficient (Wildman–Crippen LogP) is 3.74. The molecule has 1 heterocycles. The smallest absolute Gasteiger partial charge is 0.226 e. The molecule has 0 saturated carbocycles. The molecule has 2 aromatic rings. The first-order valence-corrected chi connectivity index (χ1v) is 10.4. The minimum absolute atomic E-state index is 0.0471. The lowest BCUT2D eigenvalue weighted by molar-refractivity contribution is -0.129. The summed E-state index contributed by atoms with van der Waals surface area (Å²) in [6.07, 6.45) is 2.98. The first kappa shape index (κ1) is 20.9. The molecule has 2 amide bonds. The van der Waals surface area contributed by atoms with E-state index >= 15 is 0 Å². The molecule has 29 heavy (non-hydrogen) atoms. The molecule has 2 aromatic carbocycles. The lowest BCUT2D eigenvalue weighted by Crippen LogP contribution is -2.36. The first-order valence-electron chi connectivity index (χ1n) is 10.4. The maximum atomic E-state index is 13.0. The molecule has 0 aliphatic carbocycles. The number of nitrogens with one attached hydrogen (secondary N) is 1. The van der Waals surface area contributed by atoms with Crippen LogP contribution in [0.5, 0.6) is 5.75 Å².